The molecule has 6 heteroatoms. The Labute approximate surface area is 152 Å². The molecule has 0 spiro atoms. The Morgan fingerprint density at radius 3 is 2.76 bits per heavy atom. The summed E-state index contributed by atoms with van der Waals surface area (Å²) in [5.41, 5.74) is 1.21. The molecule has 1 aromatic rings. The standard InChI is InChI=1S/C19H24FN3OS/c1-19(2,25-10-6-9-14-7-4-3-5-8-14)17(22)18(24)23-13-15(20)11-16(23)12-21/h3-5,7-8,15-16,22H,6,9-11,13H2,1-2H3/t15-,16-/m0/s1. The number of nitrogens with one attached hydrogen (secondary N) is 1. The average Bonchev–Trinajstić information content (AvgIpc) is 2.99. The van der Waals surface area contributed by atoms with Gasteiger partial charge < -0.3 is 4.90 Å². The summed E-state index contributed by atoms with van der Waals surface area (Å²) in [4.78, 5) is 13.7. The van der Waals surface area contributed by atoms with E-state index >= 15 is 0 Å². The zero-order valence-electron chi connectivity index (χ0n) is 14.7. The van der Waals surface area contributed by atoms with E-state index in [9.17, 15) is 9.18 Å². The van der Waals surface area contributed by atoms with Crippen molar-refractivity contribution in [2.45, 2.75) is 50.1 Å². The predicted molar refractivity (Wildman–Crippen MR) is 99.7 cm³/mol. The van der Waals surface area contributed by atoms with Gasteiger partial charge in [0, 0.05) is 6.42 Å². The first-order chi connectivity index (χ1) is 11.8. The fourth-order valence-corrected chi connectivity index (χ4v) is 3.88. The summed E-state index contributed by atoms with van der Waals surface area (Å²) in [5, 5.41) is 17.3. The summed E-state index contributed by atoms with van der Waals surface area (Å²) in [7, 11) is 0. The minimum absolute atomic E-state index is 0.0418. The molecule has 1 amide bonds. The van der Waals surface area contributed by atoms with E-state index in [0.717, 1.165) is 18.6 Å². The van der Waals surface area contributed by atoms with Crippen molar-refractivity contribution in [1.29, 1.82) is 10.7 Å². The number of likely N-dealkylation sites (tertiary alicyclic amines) is 1. The van der Waals surface area contributed by atoms with E-state index in [1.807, 2.05) is 38.1 Å². The third-order valence-electron chi connectivity index (χ3n) is 4.39. The highest BCUT2D eigenvalue weighted by Crippen LogP contribution is 2.29. The maximum Gasteiger partial charge on any atom is 0.270 e. The molecule has 0 unspecified atom stereocenters. The monoisotopic (exact) mass is 361 g/mol. The van der Waals surface area contributed by atoms with E-state index in [1.54, 1.807) is 11.8 Å². The minimum Gasteiger partial charge on any atom is -0.319 e. The smallest absolute Gasteiger partial charge is 0.270 e. The Morgan fingerprint density at radius 2 is 2.12 bits per heavy atom. The molecule has 1 N–H and O–H groups in total. The van der Waals surface area contributed by atoms with Gasteiger partial charge in [-0.25, -0.2) is 4.39 Å². The maximum absolute atomic E-state index is 13.5. The van der Waals surface area contributed by atoms with Crippen LogP contribution in [0.3, 0.4) is 0 Å². The van der Waals surface area contributed by atoms with Crippen molar-refractivity contribution in [3.8, 4) is 6.07 Å². The molecule has 1 aromatic carbocycles. The summed E-state index contributed by atoms with van der Waals surface area (Å²) >= 11 is 1.55. The number of halogens is 1. The third-order valence-corrected chi connectivity index (χ3v) is 5.81. The Morgan fingerprint density at radius 1 is 1.44 bits per heavy atom. The van der Waals surface area contributed by atoms with Gasteiger partial charge in [-0.3, -0.25) is 10.2 Å². The van der Waals surface area contributed by atoms with Gasteiger partial charge in [0.2, 0.25) is 0 Å². The molecule has 0 aromatic heterocycles. The molecule has 134 valence electrons. The number of benzene rings is 1. The molecule has 4 nitrogen and oxygen atoms in total. The van der Waals surface area contributed by atoms with E-state index < -0.39 is 22.9 Å². The fraction of sp³-hybridized carbons (Fsp3) is 0.526. The summed E-state index contributed by atoms with van der Waals surface area (Å²) in [5.74, 6) is 0.303. The Balaban J connectivity index is 1.86. The number of thioether (sulfide) groups is 1. The van der Waals surface area contributed by atoms with Gasteiger partial charge in [0.15, 0.2) is 0 Å². The first-order valence-corrected chi connectivity index (χ1v) is 9.45. The zero-order chi connectivity index (χ0) is 18.4. The highest BCUT2D eigenvalue weighted by molar-refractivity contribution is 8.01. The summed E-state index contributed by atoms with van der Waals surface area (Å²) in [6.07, 6.45) is 0.775. The van der Waals surface area contributed by atoms with Crippen molar-refractivity contribution in [1.82, 2.24) is 4.90 Å². The van der Waals surface area contributed by atoms with Crippen molar-refractivity contribution in [3.63, 3.8) is 0 Å². The highest BCUT2D eigenvalue weighted by atomic mass is 32.2. The Hall–Kier alpha value is -1.87. The first kappa shape index (κ1) is 19.5. The molecule has 1 heterocycles. The minimum atomic E-state index is -1.18. The lowest BCUT2D eigenvalue weighted by Crippen LogP contribution is -2.46. The molecule has 2 atom stereocenters. The molecular formula is C19H24FN3OS. The van der Waals surface area contributed by atoms with Crippen LogP contribution >= 0.6 is 11.8 Å². The van der Waals surface area contributed by atoms with Crippen molar-refractivity contribution < 1.29 is 9.18 Å². The van der Waals surface area contributed by atoms with Crippen LogP contribution in [-0.2, 0) is 11.2 Å². The predicted octanol–water partition coefficient (Wildman–Crippen LogP) is 3.61. The number of hydrogen-bond donors (Lipinski definition) is 1. The zero-order valence-corrected chi connectivity index (χ0v) is 15.5. The van der Waals surface area contributed by atoms with Crippen LogP contribution in [-0.4, -0.2) is 45.8 Å². The highest BCUT2D eigenvalue weighted by Gasteiger charge is 2.40. The average molecular weight is 361 g/mol. The number of nitriles is 1. The van der Waals surface area contributed by atoms with Gasteiger partial charge in [-0.15, -0.1) is 11.8 Å². The topological polar surface area (TPSA) is 68.0 Å². The second kappa shape index (κ2) is 8.48. The fourth-order valence-electron chi connectivity index (χ4n) is 2.85. The van der Waals surface area contributed by atoms with Crippen LogP contribution in [0.2, 0.25) is 0 Å². The van der Waals surface area contributed by atoms with Crippen molar-refractivity contribution in [2.75, 3.05) is 12.3 Å². The molecule has 0 radical (unpaired) electrons. The van der Waals surface area contributed by atoms with E-state index in [4.69, 9.17) is 10.7 Å². The van der Waals surface area contributed by atoms with Gasteiger partial charge in [-0.2, -0.15) is 5.26 Å². The van der Waals surface area contributed by atoms with Gasteiger partial charge in [-0.1, -0.05) is 30.3 Å². The number of hydrogen-bond acceptors (Lipinski definition) is 4. The van der Waals surface area contributed by atoms with Gasteiger partial charge in [-0.05, 0) is 38.0 Å². The lowest BCUT2D eigenvalue weighted by molar-refractivity contribution is -0.124. The quantitative estimate of drug-likeness (QED) is 0.596. The number of alkyl halides is 1. The molecule has 25 heavy (non-hydrogen) atoms. The Bertz CT molecular complexity index is 656. The van der Waals surface area contributed by atoms with Crippen molar-refractivity contribution in [3.05, 3.63) is 35.9 Å². The number of carbonyl (C=O) groups is 1. The van der Waals surface area contributed by atoms with Crippen LogP contribution in [0, 0.1) is 16.7 Å². The van der Waals surface area contributed by atoms with Crippen LogP contribution in [0.15, 0.2) is 30.3 Å². The van der Waals surface area contributed by atoms with Gasteiger partial charge in [0.25, 0.3) is 5.91 Å². The second-order valence-electron chi connectivity index (χ2n) is 6.76. The van der Waals surface area contributed by atoms with Crippen molar-refractivity contribution in [2.24, 2.45) is 0 Å². The number of aryl methyl sites for hydroxylation is 1. The maximum atomic E-state index is 13.5. The van der Waals surface area contributed by atoms with Crippen LogP contribution in [0.25, 0.3) is 0 Å². The molecule has 0 aliphatic carbocycles. The van der Waals surface area contributed by atoms with Crippen LogP contribution in [0.1, 0.15) is 32.3 Å². The third kappa shape index (κ3) is 5.05. The molecule has 0 bridgehead atoms. The van der Waals surface area contributed by atoms with Crippen LogP contribution in [0.5, 0.6) is 0 Å². The van der Waals surface area contributed by atoms with E-state index in [0.29, 0.717) is 0 Å². The SMILES string of the molecule is CC(C)(SCCCc1ccccc1)C(=N)C(=O)N1C[C@@H](F)C[C@H]1C#N. The van der Waals surface area contributed by atoms with E-state index in [-0.39, 0.29) is 18.7 Å². The first-order valence-electron chi connectivity index (χ1n) is 8.46. The van der Waals surface area contributed by atoms with E-state index in [2.05, 4.69) is 12.1 Å². The summed E-state index contributed by atoms with van der Waals surface area (Å²) in [6.45, 7) is 3.59. The van der Waals surface area contributed by atoms with Gasteiger partial charge >= 0.3 is 0 Å². The lowest BCUT2D eigenvalue weighted by atomic mass is 10.1. The lowest BCUT2D eigenvalue weighted by Gasteiger charge is -2.28. The normalized spacial score (nSPS) is 20.3. The molecule has 1 aliphatic heterocycles. The second-order valence-corrected chi connectivity index (χ2v) is 8.48. The molecule has 2 rings (SSSR count). The Kier molecular flexibility index (Phi) is 6.60. The number of amides is 1. The number of rotatable bonds is 7. The summed E-state index contributed by atoms with van der Waals surface area (Å²) in [6, 6.07) is 11.4. The van der Waals surface area contributed by atoms with Crippen LogP contribution < -0.4 is 0 Å². The van der Waals surface area contributed by atoms with E-state index in [1.165, 1.54) is 10.5 Å². The largest absolute Gasteiger partial charge is 0.319 e. The molecule has 1 aliphatic rings. The van der Waals surface area contributed by atoms with Gasteiger partial charge in [0.1, 0.15) is 17.9 Å². The molecule has 1 fully saturated rings. The molecule has 1 saturated heterocycles. The number of carbonyl (C=O) groups excluding carboxylic acids is 1. The van der Waals surface area contributed by atoms with Gasteiger partial charge in [0.05, 0.1) is 17.4 Å². The van der Waals surface area contributed by atoms with Crippen LogP contribution in [0.4, 0.5) is 4.39 Å². The summed E-state index contributed by atoms with van der Waals surface area (Å²) < 4.78 is 12.9. The molecular weight excluding hydrogens is 337 g/mol. The molecule has 0 saturated carbocycles. The van der Waals surface area contributed by atoms with Crippen molar-refractivity contribution >= 4 is 23.4 Å². The number of nitrogens with zero attached hydrogens (tertiary/aromatic N) is 2.